The first-order chi connectivity index (χ1) is 6.02. The van der Waals surface area contributed by atoms with Crippen LogP contribution in [0.1, 0.15) is 27.8 Å². The molecule has 1 heterocycles. The molecule has 0 unspecified atom stereocenters. The van der Waals surface area contributed by atoms with Gasteiger partial charge in [0.15, 0.2) is 5.78 Å². The van der Waals surface area contributed by atoms with E-state index in [4.69, 9.17) is 10.8 Å². The number of ketones is 1. The molecule has 0 aliphatic rings. The average molecular weight is 180 g/mol. The number of hydrogen-bond acceptors (Lipinski definition) is 4. The maximum Gasteiger partial charge on any atom is 0.354 e. The predicted octanol–water partition coefficient (Wildman–Crippen LogP) is 0.565. The van der Waals surface area contributed by atoms with Crippen LogP contribution in [0.15, 0.2) is 12.3 Å². The molecule has 5 nitrogen and oxygen atoms in total. The van der Waals surface area contributed by atoms with E-state index in [0.717, 1.165) is 0 Å². The highest BCUT2D eigenvalue weighted by molar-refractivity contribution is 5.99. The third kappa shape index (κ3) is 1.81. The van der Waals surface area contributed by atoms with Crippen molar-refractivity contribution in [3.8, 4) is 0 Å². The average Bonchev–Trinajstić information content (AvgIpc) is 2.03. The van der Waals surface area contributed by atoms with Crippen LogP contribution in [0.2, 0.25) is 0 Å². The summed E-state index contributed by atoms with van der Waals surface area (Å²) in [4.78, 5) is 24.9. The largest absolute Gasteiger partial charge is 0.477 e. The summed E-state index contributed by atoms with van der Waals surface area (Å²) in [5.41, 5.74) is 5.65. The Bertz CT molecular complexity index is 374. The number of Topliss-reactive ketones (excluding diaryl/α,β-unsaturated/α-hetero) is 1. The summed E-state index contributed by atoms with van der Waals surface area (Å²) < 4.78 is 0. The highest BCUT2D eigenvalue weighted by Gasteiger charge is 2.09. The van der Waals surface area contributed by atoms with E-state index in [0.29, 0.717) is 0 Å². The van der Waals surface area contributed by atoms with Crippen molar-refractivity contribution in [1.82, 2.24) is 4.98 Å². The number of rotatable bonds is 2. The van der Waals surface area contributed by atoms with Gasteiger partial charge in [0.2, 0.25) is 0 Å². The van der Waals surface area contributed by atoms with Gasteiger partial charge in [-0.2, -0.15) is 0 Å². The molecule has 3 N–H and O–H groups in total. The van der Waals surface area contributed by atoms with Crippen LogP contribution >= 0.6 is 0 Å². The second-order valence-electron chi connectivity index (χ2n) is 2.52. The van der Waals surface area contributed by atoms with Crippen LogP contribution in [0.3, 0.4) is 0 Å². The number of aromatic carboxylic acids is 1. The van der Waals surface area contributed by atoms with E-state index < -0.39 is 5.97 Å². The third-order valence-electron chi connectivity index (χ3n) is 1.53. The lowest BCUT2D eigenvalue weighted by atomic mass is 10.1. The Hall–Kier alpha value is -1.91. The maximum absolute atomic E-state index is 10.9. The Morgan fingerprint density at radius 1 is 1.54 bits per heavy atom. The van der Waals surface area contributed by atoms with Gasteiger partial charge in [0.25, 0.3) is 0 Å². The first-order valence-corrected chi connectivity index (χ1v) is 3.52. The molecule has 0 radical (unpaired) electrons. The topological polar surface area (TPSA) is 93.3 Å². The molecule has 0 atom stereocenters. The summed E-state index contributed by atoms with van der Waals surface area (Å²) in [7, 11) is 0. The standard InChI is InChI=1S/C8H8N2O3/c1-4(11)5-3-10-7(8(12)13)2-6(5)9/h2-3H,1H3,(H2,9,10)(H,12,13). The SMILES string of the molecule is CC(=O)c1cnc(C(=O)O)cc1N. The zero-order valence-corrected chi connectivity index (χ0v) is 6.94. The van der Waals surface area contributed by atoms with Gasteiger partial charge in [-0.1, -0.05) is 0 Å². The van der Waals surface area contributed by atoms with Gasteiger partial charge in [-0.05, 0) is 13.0 Å². The van der Waals surface area contributed by atoms with Crippen molar-refractivity contribution in [2.24, 2.45) is 0 Å². The molecule has 0 spiro atoms. The molecule has 0 amide bonds. The summed E-state index contributed by atoms with van der Waals surface area (Å²) in [5, 5.41) is 8.54. The number of carboxylic acid groups (broad SMARTS) is 1. The Labute approximate surface area is 74.2 Å². The minimum Gasteiger partial charge on any atom is -0.477 e. The highest BCUT2D eigenvalue weighted by atomic mass is 16.4. The van der Waals surface area contributed by atoms with Gasteiger partial charge < -0.3 is 10.8 Å². The Morgan fingerprint density at radius 3 is 2.54 bits per heavy atom. The summed E-state index contributed by atoms with van der Waals surface area (Å²) in [6.45, 7) is 1.34. The minimum absolute atomic E-state index is 0.139. The Balaban J connectivity index is 3.20. The Morgan fingerprint density at radius 2 is 2.15 bits per heavy atom. The van der Waals surface area contributed by atoms with Crippen molar-refractivity contribution < 1.29 is 14.7 Å². The molecule has 0 aliphatic carbocycles. The molecule has 0 saturated carbocycles. The fourth-order valence-corrected chi connectivity index (χ4v) is 0.882. The first-order valence-electron chi connectivity index (χ1n) is 3.52. The summed E-state index contributed by atoms with van der Waals surface area (Å²) >= 11 is 0. The number of anilines is 1. The number of nitrogens with zero attached hydrogens (tertiary/aromatic N) is 1. The van der Waals surface area contributed by atoms with Crippen LogP contribution in [-0.2, 0) is 0 Å². The number of nitrogen functional groups attached to an aromatic ring is 1. The van der Waals surface area contributed by atoms with Crippen molar-refractivity contribution in [3.63, 3.8) is 0 Å². The van der Waals surface area contributed by atoms with E-state index >= 15 is 0 Å². The zero-order chi connectivity index (χ0) is 10.0. The second kappa shape index (κ2) is 3.22. The van der Waals surface area contributed by atoms with Gasteiger partial charge in [0.1, 0.15) is 5.69 Å². The molecule has 13 heavy (non-hydrogen) atoms. The maximum atomic E-state index is 10.9. The number of nitrogens with two attached hydrogens (primary N) is 1. The number of carbonyl (C=O) groups is 2. The van der Waals surface area contributed by atoms with Gasteiger partial charge in [0, 0.05) is 11.9 Å². The molecular formula is C8H8N2O3. The number of carbonyl (C=O) groups excluding carboxylic acids is 1. The van der Waals surface area contributed by atoms with Crippen LogP contribution in [0, 0.1) is 0 Å². The van der Waals surface area contributed by atoms with Gasteiger partial charge in [-0.25, -0.2) is 9.78 Å². The number of carboxylic acids is 1. The summed E-state index contributed by atoms with van der Waals surface area (Å²) in [6.07, 6.45) is 1.17. The normalized spacial score (nSPS) is 9.62. The van der Waals surface area contributed by atoms with Crippen LogP contribution in [0.5, 0.6) is 0 Å². The van der Waals surface area contributed by atoms with Crippen molar-refractivity contribution in [3.05, 3.63) is 23.5 Å². The van der Waals surface area contributed by atoms with Crippen LogP contribution in [-0.4, -0.2) is 21.8 Å². The molecule has 68 valence electrons. The lowest BCUT2D eigenvalue weighted by Crippen LogP contribution is -2.06. The first kappa shape index (κ1) is 9.18. The molecular weight excluding hydrogens is 172 g/mol. The zero-order valence-electron chi connectivity index (χ0n) is 6.94. The molecule has 0 bridgehead atoms. The predicted molar refractivity (Wildman–Crippen MR) is 45.6 cm³/mol. The van der Waals surface area contributed by atoms with Crippen molar-refractivity contribution in [1.29, 1.82) is 0 Å². The number of pyridine rings is 1. The fraction of sp³-hybridized carbons (Fsp3) is 0.125. The van der Waals surface area contributed by atoms with E-state index in [2.05, 4.69) is 4.98 Å². The van der Waals surface area contributed by atoms with E-state index in [1.165, 1.54) is 19.2 Å². The molecule has 5 heteroatoms. The van der Waals surface area contributed by atoms with Crippen LogP contribution in [0.4, 0.5) is 5.69 Å². The second-order valence-corrected chi connectivity index (χ2v) is 2.52. The highest BCUT2D eigenvalue weighted by Crippen LogP contribution is 2.12. The van der Waals surface area contributed by atoms with Gasteiger partial charge in [-0.3, -0.25) is 4.79 Å². The van der Waals surface area contributed by atoms with Crippen LogP contribution < -0.4 is 5.73 Å². The van der Waals surface area contributed by atoms with E-state index in [-0.39, 0.29) is 22.7 Å². The molecule has 0 aliphatic heterocycles. The molecule has 1 aromatic heterocycles. The van der Waals surface area contributed by atoms with Crippen molar-refractivity contribution in [2.45, 2.75) is 6.92 Å². The van der Waals surface area contributed by atoms with E-state index in [1.54, 1.807) is 0 Å². The van der Waals surface area contributed by atoms with Crippen molar-refractivity contribution >= 4 is 17.4 Å². The van der Waals surface area contributed by atoms with Crippen molar-refractivity contribution in [2.75, 3.05) is 5.73 Å². The monoisotopic (exact) mass is 180 g/mol. The number of aromatic nitrogens is 1. The fourth-order valence-electron chi connectivity index (χ4n) is 0.882. The smallest absolute Gasteiger partial charge is 0.354 e. The molecule has 1 rings (SSSR count). The lowest BCUT2D eigenvalue weighted by Gasteiger charge is -2.01. The molecule has 0 fully saturated rings. The molecule has 0 saturated heterocycles. The number of hydrogen-bond donors (Lipinski definition) is 2. The Kier molecular flexibility index (Phi) is 2.27. The summed E-state index contributed by atoms with van der Waals surface area (Å²) in [6, 6.07) is 1.17. The third-order valence-corrected chi connectivity index (χ3v) is 1.53. The minimum atomic E-state index is -1.16. The van der Waals surface area contributed by atoms with Gasteiger partial charge in [-0.15, -0.1) is 0 Å². The van der Waals surface area contributed by atoms with Crippen LogP contribution in [0.25, 0.3) is 0 Å². The molecule has 0 aromatic carbocycles. The van der Waals surface area contributed by atoms with Gasteiger partial charge >= 0.3 is 5.97 Å². The van der Waals surface area contributed by atoms with Gasteiger partial charge in [0.05, 0.1) is 5.56 Å². The lowest BCUT2D eigenvalue weighted by molar-refractivity contribution is 0.0690. The molecule has 1 aromatic rings. The summed E-state index contributed by atoms with van der Waals surface area (Å²) in [5.74, 6) is -1.40. The quantitative estimate of drug-likeness (QED) is 0.648. The van der Waals surface area contributed by atoms with E-state index in [1.807, 2.05) is 0 Å². The van der Waals surface area contributed by atoms with E-state index in [9.17, 15) is 9.59 Å².